The highest BCUT2D eigenvalue weighted by Gasteiger charge is 2.39. The van der Waals surface area contributed by atoms with E-state index in [0.717, 1.165) is 12.8 Å². The van der Waals surface area contributed by atoms with Gasteiger partial charge in [-0.3, -0.25) is 4.79 Å². The zero-order chi connectivity index (χ0) is 11.0. The Kier molecular flexibility index (Phi) is 2.51. The molecule has 0 amide bonds. The van der Waals surface area contributed by atoms with Crippen molar-refractivity contribution in [1.29, 1.82) is 0 Å². The zero-order valence-corrected chi connectivity index (χ0v) is 9.03. The maximum atomic E-state index is 11.0. The van der Waals surface area contributed by atoms with Gasteiger partial charge >= 0.3 is 5.97 Å². The van der Waals surface area contributed by atoms with Gasteiger partial charge in [0.25, 0.3) is 0 Å². The fourth-order valence-electron chi connectivity index (χ4n) is 2.51. The number of esters is 1. The van der Waals surface area contributed by atoms with Crippen molar-refractivity contribution in [3.05, 3.63) is 36.5 Å². The molecule has 0 heterocycles. The monoisotopic (exact) mass is 204 g/mol. The first-order valence-electron chi connectivity index (χ1n) is 5.30. The third-order valence-corrected chi connectivity index (χ3v) is 3.26. The molecule has 15 heavy (non-hydrogen) atoms. The Bertz CT molecular complexity index is 352. The molecule has 80 valence electrons. The van der Waals surface area contributed by atoms with Crippen LogP contribution in [0, 0.1) is 11.8 Å². The van der Waals surface area contributed by atoms with Gasteiger partial charge in [-0.15, -0.1) is 0 Å². The molecule has 0 aliphatic heterocycles. The number of hydrogen-bond acceptors (Lipinski definition) is 2. The van der Waals surface area contributed by atoms with Crippen LogP contribution < -0.4 is 0 Å². The van der Waals surface area contributed by atoms with Crippen LogP contribution in [-0.4, -0.2) is 12.1 Å². The fourth-order valence-corrected chi connectivity index (χ4v) is 2.51. The summed E-state index contributed by atoms with van der Waals surface area (Å²) in [6, 6.07) is 0. The van der Waals surface area contributed by atoms with E-state index < -0.39 is 0 Å². The van der Waals surface area contributed by atoms with Gasteiger partial charge in [-0.25, -0.2) is 0 Å². The summed E-state index contributed by atoms with van der Waals surface area (Å²) in [5.74, 6) is 0.333. The molecule has 0 bridgehead atoms. The molecule has 0 radical (unpaired) electrons. The predicted molar refractivity (Wildman–Crippen MR) is 59.2 cm³/mol. The summed E-state index contributed by atoms with van der Waals surface area (Å²) in [5.41, 5.74) is 2.42. The zero-order valence-electron chi connectivity index (χ0n) is 9.03. The molecule has 1 fully saturated rings. The summed E-state index contributed by atoms with van der Waals surface area (Å²) >= 11 is 0. The molecule has 0 N–H and O–H groups in total. The standard InChI is InChI=1S/C13H16O2/c1-8-4-5-9(2)13-11(8)6-7-12(13)15-10(3)14/h6-7,11-13H,1-2,4-5H2,3H3. The lowest BCUT2D eigenvalue weighted by molar-refractivity contribution is -0.145. The Balaban J connectivity index is 2.18. The second kappa shape index (κ2) is 3.69. The van der Waals surface area contributed by atoms with E-state index >= 15 is 0 Å². The number of rotatable bonds is 1. The highest BCUT2D eigenvalue weighted by Crippen LogP contribution is 2.44. The molecule has 0 aromatic rings. The number of fused-ring (bicyclic) bond motifs is 1. The van der Waals surface area contributed by atoms with E-state index in [9.17, 15) is 4.79 Å². The van der Waals surface area contributed by atoms with Crippen molar-refractivity contribution in [2.45, 2.75) is 25.9 Å². The van der Waals surface area contributed by atoms with E-state index in [4.69, 9.17) is 4.74 Å². The van der Waals surface area contributed by atoms with Crippen molar-refractivity contribution in [2.75, 3.05) is 0 Å². The van der Waals surface area contributed by atoms with Gasteiger partial charge in [0.1, 0.15) is 6.10 Å². The molecule has 0 aromatic heterocycles. The number of allylic oxidation sites excluding steroid dienone is 2. The summed E-state index contributed by atoms with van der Waals surface area (Å²) in [7, 11) is 0. The van der Waals surface area contributed by atoms with Crippen LogP contribution in [0.3, 0.4) is 0 Å². The van der Waals surface area contributed by atoms with Gasteiger partial charge in [-0.2, -0.15) is 0 Å². The van der Waals surface area contributed by atoms with Gasteiger partial charge < -0.3 is 4.74 Å². The molecule has 2 nitrogen and oxygen atoms in total. The van der Waals surface area contributed by atoms with Crippen LogP contribution >= 0.6 is 0 Å². The molecular formula is C13H16O2. The van der Waals surface area contributed by atoms with E-state index in [1.807, 2.05) is 6.08 Å². The summed E-state index contributed by atoms with van der Waals surface area (Å²) < 4.78 is 5.27. The molecular weight excluding hydrogens is 188 g/mol. The summed E-state index contributed by atoms with van der Waals surface area (Å²) in [6.07, 6.45) is 5.93. The van der Waals surface area contributed by atoms with Crippen LogP contribution in [-0.2, 0) is 9.53 Å². The van der Waals surface area contributed by atoms with Gasteiger partial charge in [0.2, 0.25) is 0 Å². The minimum atomic E-state index is -0.228. The lowest BCUT2D eigenvalue weighted by atomic mass is 9.75. The molecule has 0 saturated heterocycles. The minimum Gasteiger partial charge on any atom is -0.458 e. The van der Waals surface area contributed by atoms with Crippen molar-refractivity contribution in [2.24, 2.45) is 11.8 Å². The maximum absolute atomic E-state index is 11.0. The predicted octanol–water partition coefficient (Wildman–Crippen LogP) is 2.63. The van der Waals surface area contributed by atoms with Crippen LogP contribution in [0.4, 0.5) is 0 Å². The molecule has 3 atom stereocenters. The highest BCUT2D eigenvalue weighted by molar-refractivity contribution is 5.66. The van der Waals surface area contributed by atoms with Crippen molar-refractivity contribution in [3.8, 4) is 0 Å². The van der Waals surface area contributed by atoms with Crippen LogP contribution in [0.5, 0.6) is 0 Å². The maximum Gasteiger partial charge on any atom is 0.303 e. The Labute approximate surface area is 90.3 Å². The molecule has 0 aromatic carbocycles. The quantitative estimate of drug-likeness (QED) is 0.485. The normalized spacial score (nSPS) is 34.1. The molecule has 2 aliphatic rings. The fraction of sp³-hybridized carbons (Fsp3) is 0.462. The topological polar surface area (TPSA) is 26.3 Å². The van der Waals surface area contributed by atoms with Crippen molar-refractivity contribution in [3.63, 3.8) is 0 Å². The van der Waals surface area contributed by atoms with Gasteiger partial charge in [0.15, 0.2) is 0 Å². The van der Waals surface area contributed by atoms with Gasteiger partial charge in [-0.1, -0.05) is 30.4 Å². The van der Waals surface area contributed by atoms with Crippen LogP contribution in [0.2, 0.25) is 0 Å². The van der Waals surface area contributed by atoms with E-state index in [1.165, 1.54) is 18.1 Å². The second-order valence-electron chi connectivity index (χ2n) is 4.33. The summed E-state index contributed by atoms with van der Waals surface area (Å²) in [5, 5.41) is 0. The van der Waals surface area contributed by atoms with Gasteiger partial charge in [0.05, 0.1) is 0 Å². The van der Waals surface area contributed by atoms with E-state index in [0.29, 0.717) is 5.92 Å². The molecule has 3 unspecified atom stereocenters. The van der Waals surface area contributed by atoms with E-state index in [-0.39, 0.29) is 18.0 Å². The number of hydrogen-bond donors (Lipinski definition) is 0. The largest absolute Gasteiger partial charge is 0.458 e. The average Bonchev–Trinajstić information content (AvgIpc) is 2.56. The smallest absolute Gasteiger partial charge is 0.303 e. The van der Waals surface area contributed by atoms with E-state index in [2.05, 4.69) is 19.2 Å². The molecule has 2 aliphatic carbocycles. The molecule has 0 spiro atoms. The Morgan fingerprint density at radius 1 is 1.33 bits per heavy atom. The average molecular weight is 204 g/mol. The summed E-state index contributed by atoms with van der Waals surface area (Å²) in [4.78, 5) is 11.0. The lowest BCUT2D eigenvalue weighted by Crippen LogP contribution is -2.29. The first-order valence-corrected chi connectivity index (χ1v) is 5.30. The minimum absolute atomic E-state index is 0.128. The van der Waals surface area contributed by atoms with Crippen LogP contribution in [0.15, 0.2) is 36.5 Å². The number of carbonyl (C=O) groups excluding carboxylic acids is 1. The van der Waals surface area contributed by atoms with Crippen LogP contribution in [0.25, 0.3) is 0 Å². The molecule has 1 saturated carbocycles. The highest BCUT2D eigenvalue weighted by atomic mass is 16.5. The Hall–Kier alpha value is -1.31. The lowest BCUT2D eigenvalue weighted by Gasteiger charge is -2.32. The molecule has 2 heteroatoms. The SMILES string of the molecule is C=C1CCC(=C)C2C(OC(C)=O)C=CC12. The molecule has 2 rings (SSSR count). The van der Waals surface area contributed by atoms with Gasteiger partial charge in [-0.05, 0) is 18.9 Å². The second-order valence-corrected chi connectivity index (χ2v) is 4.33. The number of ether oxygens (including phenoxy) is 1. The first kappa shape index (κ1) is 10.2. The third-order valence-electron chi connectivity index (χ3n) is 3.26. The Morgan fingerprint density at radius 2 is 2.00 bits per heavy atom. The van der Waals surface area contributed by atoms with Crippen molar-refractivity contribution < 1.29 is 9.53 Å². The Morgan fingerprint density at radius 3 is 2.67 bits per heavy atom. The first-order chi connectivity index (χ1) is 7.09. The van der Waals surface area contributed by atoms with Gasteiger partial charge in [0, 0.05) is 18.8 Å². The van der Waals surface area contributed by atoms with Crippen molar-refractivity contribution in [1.82, 2.24) is 0 Å². The number of carbonyl (C=O) groups is 1. The van der Waals surface area contributed by atoms with Crippen LogP contribution in [0.1, 0.15) is 19.8 Å². The van der Waals surface area contributed by atoms with Crippen molar-refractivity contribution >= 4 is 5.97 Å². The third kappa shape index (κ3) is 1.76. The van der Waals surface area contributed by atoms with E-state index in [1.54, 1.807) is 0 Å². The summed E-state index contributed by atoms with van der Waals surface area (Å²) in [6.45, 7) is 9.59.